The van der Waals surface area contributed by atoms with Crippen molar-refractivity contribution in [3.05, 3.63) is 77.0 Å². The summed E-state index contributed by atoms with van der Waals surface area (Å²) in [6.45, 7) is 4.24. The molecule has 1 aliphatic carbocycles. The largest absolute Gasteiger partial charge is 0.307 e. The number of pyridine rings is 1. The molecule has 158 valence electrons. The molecule has 1 N–H and O–H groups in total. The second-order valence-electron chi connectivity index (χ2n) is 8.29. The Morgan fingerprint density at radius 3 is 2.37 bits per heavy atom. The lowest BCUT2D eigenvalue weighted by atomic mass is 9.90. The van der Waals surface area contributed by atoms with E-state index in [9.17, 15) is 4.79 Å². The molecule has 3 nitrogen and oxygen atoms in total. The number of allylic oxidation sites excluding steroid dienone is 4. The molecule has 3 heteroatoms. The molecule has 0 radical (unpaired) electrons. The van der Waals surface area contributed by atoms with Crippen LogP contribution in [0.4, 0.5) is 5.82 Å². The van der Waals surface area contributed by atoms with E-state index in [1.54, 1.807) is 11.8 Å². The molecule has 1 heterocycles. The fraction of sp³-hybridized carbons (Fsp3) is 0.407. The van der Waals surface area contributed by atoms with Gasteiger partial charge in [0.2, 0.25) is 0 Å². The van der Waals surface area contributed by atoms with Crippen LogP contribution in [0, 0.1) is 6.92 Å². The van der Waals surface area contributed by atoms with Gasteiger partial charge in [-0.15, -0.1) is 0 Å². The number of unbranched alkanes of at least 4 members (excludes halogenated alkanes) is 5. The molecule has 0 bridgehead atoms. The first-order valence-corrected chi connectivity index (χ1v) is 11.4. The van der Waals surface area contributed by atoms with Gasteiger partial charge in [-0.2, -0.15) is 0 Å². The third kappa shape index (κ3) is 6.69. The first-order valence-electron chi connectivity index (χ1n) is 11.4. The predicted molar refractivity (Wildman–Crippen MR) is 127 cm³/mol. The quantitative estimate of drug-likeness (QED) is 0.418. The SMILES string of the molecule is CCCCCCCCC1=CC=C(c2ccc(C(=O)Nc3ccc(C)cn3)cc2)CC1. The van der Waals surface area contributed by atoms with Crippen molar-refractivity contribution in [1.82, 2.24) is 4.98 Å². The Kier molecular flexibility index (Phi) is 8.43. The van der Waals surface area contributed by atoms with Crippen LogP contribution in [0.3, 0.4) is 0 Å². The van der Waals surface area contributed by atoms with Crippen molar-refractivity contribution >= 4 is 17.3 Å². The van der Waals surface area contributed by atoms with Gasteiger partial charge in [-0.1, -0.05) is 75.0 Å². The predicted octanol–water partition coefficient (Wildman–Crippen LogP) is 7.50. The Balaban J connectivity index is 1.50. The van der Waals surface area contributed by atoms with Gasteiger partial charge in [-0.05, 0) is 67.5 Å². The summed E-state index contributed by atoms with van der Waals surface area (Å²) in [5.41, 5.74) is 5.86. The first kappa shape index (κ1) is 22.0. The summed E-state index contributed by atoms with van der Waals surface area (Å²) >= 11 is 0. The Labute approximate surface area is 181 Å². The van der Waals surface area contributed by atoms with Crippen LogP contribution in [0.2, 0.25) is 0 Å². The van der Waals surface area contributed by atoms with Crippen LogP contribution in [0.25, 0.3) is 5.57 Å². The molecule has 0 unspecified atom stereocenters. The number of carbonyl (C=O) groups excluding carboxylic acids is 1. The minimum atomic E-state index is -0.128. The van der Waals surface area contributed by atoms with E-state index >= 15 is 0 Å². The van der Waals surface area contributed by atoms with Crippen LogP contribution in [0.15, 0.2) is 60.3 Å². The summed E-state index contributed by atoms with van der Waals surface area (Å²) in [6, 6.07) is 11.7. The van der Waals surface area contributed by atoms with Crippen molar-refractivity contribution in [2.45, 2.75) is 71.6 Å². The van der Waals surface area contributed by atoms with Crippen LogP contribution in [0.1, 0.15) is 86.2 Å². The molecule has 0 saturated heterocycles. The highest BCUT2D eigenvalue weighted by Gasteiger charge is 2.11. The lowest BCUT2D eigenvalue weighted by Crippen LogP contribution is -2.12. The van der Waals surface area contributed by atoms with E-state index in [2.05, 4.69) is 41.5 Å². The van der Waals surface area contributed by atoms with Gasteiger partial charge in [0.15, 0.2) is 0 Å². The van der Waals surface area contributed by atoms with Crippen LogP contribution < -0.4 is 5.32 Å². The fourth-order valence-corrected chi connectivity index (χ4v) is 3.83. The van der Waals surface area contributed by atoms with Gasteiger partial charge in [0.1, 0.15) is 5.82 Å². The second kappa shape index (κ2) is 11.5. The van der Waals surface area contributed by atoms with Crippen molar-refractivity contribution in [2.75, 3.05) is 5.32 Å². The minimum absolute atomic E-state index is 0.128. The smallest absolute Gasteiger partial charge is 0.256 e. The Bertz CT molecular complexity index is 876. The van der Waals surface area contributed by atoms with Crippen molar-refractivity contribution < 1.29 is 4.79 Å². The van der Waals surface area contributed by atoms with Crippen molar-refractivity contribution in [2.24, 2.45) is 0 Å². The van der Waals surface area contributed by atoms with E-state index in [1.807, 2.05) is 31.2 Å². The molecule has 0 spiro atoms. The topological polar surface area (TPSA) is 42.0 Å². The molecule has 0 atom stereocenters. The summed E-state index contributed by atoms with van der Waals surface area (Å²) < 4.78 is 0. The number of aryl methyl sites for hydroxylation is 1. The number of hydrogen-bond acceptors (Lipinski definition) is 2. The highest BCUT2D eigenvalue weighted by atomic mass is 16.1. The monoisotopic (exact) mass is 402 g/mol. The molecule has 1 aliphatic rings. The maximum absolute atomic E-state index is 12.4. The summed E-state index contributed by atoms with van der Waals surface area (Å²) in [4.78, 5) is 16.7. The fourth-order valence-electron chi connectivity index (χ4n) is 3.83. The molecule has 1 amide bonds. The molecule has 2 aromatic rings. The van der Waals surface area contributed by atoms with Gasteiger partial charge >= 0.3 is 0 Å². The van der Waals surface area contributed by atoms with E-state index in [-0.39, 0.29) is 5.91 Å². The Morgan fingerprint density at radius 1 is 0.933 bits per heavy atom. The Morgan fingerprint density at radius 2 is 1.70 bits per heavy atom. The van der Waals surface area contributed by atoms with Crippen molar-refractivity contribution in [3.8, 4) is 0 Å². The van der Waals surface area contributed by atoms with Crippen LogP contribution in [-0.4, -0.2) is 10.9 Å². The van der Waals surface area contributed by atoms with Gasteiger partial charge < -0.3 is 5.32 Å². The van der Waals surface area contributed by atoms with Crippen molar-refractivity contribution in [3.63, 3.8) is 0 Å². The number of anilines is 1. The zero-order valence-corrected chi connectivity index (χ0v) is 18.4. The zero-order chi connectivity index (χ0) is 21.2. The van der Waals surface area contributed by atoms with Crippen LogP contribution >= 0.6 is 0 Å². The zero-order valence-electron chi connectivity index (χ0n) is 18.4. The number of nitrogens with zero attached hydrogens (tertiary/aromatic N) is 1. The maximum atomic E-state index is 12.4. The lowest BCUT2D eigenvalue weighted by Gasteiger charge is -2.15. The molecule has 0 aliphatic heterocycles. The van der Waals surface area contributed by atoms with Gasteiger partial charge in [0, 0.05) is 11.8 Å². The number of carbonyl (C=O) groups is 1. The molecular formula is C27H34N2O. The highest BCUT2D eigenvalue weighted by Crippen LogP contribution is 2.29. The normalized spacial score (nSPS) is 13.5. The number of nitrogens with one attached hydrogen (secondary N) is 1. The molecule has 30 heavy (non-hydrogen) atoms. The van der Waals surface area contributed by atoms with Crippen LogP contribution in [-0.2, 0) is 0 Å². The summed E-state index contributed by atoms with van der Waals surface area (Å²) in [6.07, 6.45) is 17.9. The third-order valence-corrected chi connectivity index (χ3v) is 5.76. The maximum Gasteiger partial charge on any atom is 0.256 e. The van der Waals surface area contributed by atoms with E-state index in [0.717, 1.165) is 18.4 Å². The first-order chi connectivity index (χ1) is 14.7. The van der Waals surface area contributed by atoms with Crippen LogP contribution in [0.5, 0.6) is 0 Å². The average Bonchev–Trinajstić information content (AvgIpc) is 2.78. The lowest BCUT2D eigenvalue weighted by molar-refractivity contribution is 0.102. The summed E-state index contributed by atoms with van der Waals surface area (Å²) in [5.74, 6) is 0.448. The van der Waals surface area contributed by atoms with Gasteiger partial charge in [-0.25, -0.2) is 4.98 Å². The molecule has 0 saturated carbocycles. The number of rotatable bonds is 10. The van der Waals surface area contributed by atoms with E-state index in [4.69, 9.17) is 0 Å². The number of aromatic nitrogens is 1. The second-order valence-corrected chi connectivity index (χ2v) is 8.29. The summed E-state index contributed by atoms with van der Waals surface area (Å²) in [7, 11) is 0. The third-order valence-electron chi connectivity index (χ3n) is 5.76. The van der Waals surface area contributed by atoms with E-state index in [0.29, 0.717) is 11.4 Å². The molecule has 1 aromatic carbocycles. The van der Waals surface area contributed by atoms with Crippen molar-refractivity contribution in [1.29, 1.82) is 0 Å². The molecule has 1 aromatic heterocycles. The molecule has 0 fully saturated rings. The van der Waals surface area contributed by atoms with Gasteiger partial charge in [0.25, 0.3) is 5.91 Å². The molecule has 3 rings (SSSR count). The number of amides is 1. The van der Waals surface area contributed by atoms with E-state index < -0.39 is 0 Å². The highest BCUT2D eigenvalue weighted by molar-refractivity contribution is 6.03. The number of hydrogen-bond donors (Lipinski definition) is 1. The van der Waals surface area contributed by atoms with E-state index in [1.165, 1.54) is 56.1 Å². The van der Waals surface area contributed by atoms with Gasteiger partial charge in [-0.3, -0.25) is 4.79 Å². The molecular weight excluding hydrogens is 368 g/mol. The standard InChI is InChI=1S/C27H34N2O/c1-3-4-5-6-7-8-9-22-11-13-23(14-12-22)24-15-17-25(18-16-24)27(30)29-26-19-10-21(2)20-28-26/h10-11,13,15-20H,3-9,12,14H2,1-2H3,(H,28,29,30). The Hall–Kier alpha value is -2.68. The minimum Gasteiger partial charge on any atom is -0.307 e. The average molecular weight is 403 g/mol. The van der Waals surface area contributed by atoms with Gasteiger partial charge in [0.05, 0.1) is 0 Å². The summed E-state index contributed by atoms with van der Waals surface area (Å²) in [5, 5.41) is 2.85. The number of benzene rings is 1.